The predicted octanol–water partition coefficient (Wildman–Crippen LogP) is 3.36. The number of aryl methyl sites for hydroxylation is 2. The average molecular weight is 387 g/mol. The van der Waals surface area contributed by atoms with Gasteiger partial charge in [-0.05, 0) is 43.5 Å². The molecule has 27 heavy (non-hydrogen) atoms. The van der Waals surface area contributed by atoms with Crippen molar-refractivity contribution in [3.8, 4) is 0 Å². The van der Waals surface area contributed by atoms with Crippen molar-refractivity contribution in [2.45, 2.75) is 26.7 Å². The Morgan fingerprint density at radius 3 is 2.89 bits per heavy atom. The maximum atomic E-state index is 12.5. The molecule has 2 heterocycles. The maximum Gasteiger partial charge on any atom is 0.256 e. The van der Waals surface area contributed by atoms with Crippen molar-refractivity contribution in [1.82, 2.24) is 19.9 Å². The van der Waals surface area contributed by atoms with E-state index in [2.05, 4.69) is 15.4 Å². The first-order valence-electron chi connectivity index (χ1n) is 8.86. The van der Waals surface area contributed by atoms with E-state index < -0.39 is 0 Å². The fraction of sp³-hybridized carbons (Fsp3) is 0.350. The highest BCUT2D eigenvalue weighted by molar-refractivity contribution is 6.30. The van der Waals surface area contributed by atoms with Gasteiger partial charge in [0.15, 0.2) is 5.65 Å². The minimum atomic E-state index is -0.171. The monoisotopic (exact) mass is 386 g/mol. The number of hydrogen-bond donors (Lipinski definition) is 1. The molecule has 0 spiro atoms. The summed E-state index contributed by atoms with van der Waals surface area (Å²) in [5.74, 6) is -0.171. The van der Waals surface area contributed by atoms with Crippen LogP contribution in [0, 0.1) is 13.8 Å². The van der Waals surface area contributed by atoms with Crippen LogP contribution in [0.15, 0.2) is 30.5 Å². The van der Waals surface area contributed by atoms with Crippen LogP contribution < -0.4 is 5.32 Å². The first kappa shape index (κ1) is 19.3. The Morgan fingerprint density at radius 2 is 2.15 bits per heavy atom. The number of carbonyl (C=O) groups excluding carboxylic acids is 1. The lowest BCUT2D eigenvalue weighted by atomic mass is 10.0. The van der Waals surface area contributed by atoms with Crippen LogP contribution in [0.3, 0.4) is 0 Å². The van der Waals surface area contributed by atoms with Crippen LogP contribution in [0.2, 0.25) is 5.02 Å². The molecule has 0 bridgehead atoms. The fourth-order valence-electron chi connectivity index (χ4n) is 3.09. The third kappa shape index (κ3) is 4.28. The highest BCUT2D eigenvalue weighted by Crippen LogP contribution is 2.21. The van der Waals surface area contributed by atoms with Gasteiger partial charge < -0.3 is 10.1 Å². The van der Waals surface area contributed by atoms with Crippen LogP contribution in [0.25, 0.3) is 5.65 Å². The predicted molar refractivity (Wildman–Crippen MR) is 106 cm³/mol. The van der Waals surface area contributed by atoms with Crippen LogP contribution in [-0.4, -0.2) is 40.8 Å². The van der Waals surface area contributed by atoms with Gasteiger partial charge in [0.25, 0.3) is 5.91 Å². The number of rotatable bonds is 7. The number of carbonyl (C=O) groups is 1. The molecule has 0 fully saturated rings. The molecule has 7 heteroatoms. The standard InChI is InChI=1S/C20H23ClN4O2/c1-13-17(11-15-6-4-7-16(21)10-15)14(2)25-19(24-13)18(12-23-25)20(26)22-8-5-9-27-3/h4,6-7,10,12H,5,8-9,11H2,1-3H3,(H,22,26). The van der Waals surface area contributed by atoms with E-state index in [0.717, 1.165) is 28.9 Å². The topological polar surface area (TPSA) is 68.5 Å². The van der Waals surface area contributed by atoms with Gasteiger partial charge in [0.05, 0.1) is 6.20 Å². The number of nitrogens with zero attached hydrogens (tertiary/aromatic N) is 3. The van der Waals surface area contributed by atoms with Crippen LogP contribution in [-0.2, 0) is 11.2 Å². The highest BCUT2D eigenvalue weighted by Gasteiger charge is 2.18. The van der Waals surface area contributed by atoms with Crippen LogP contribution in [0.5, 0.6) is 0 Å². The Morgan fingerprint density at radius 1 is 1.33 bits per heavy atom. The van der Waals surface area contributed by atoms with E-state index in [0.29, 0.717) is 35.8 Å². The summed E-state index contributed by atoms with van der Waals surface area (Å²) >= 11 is 6.10. The minimum absolute atomic E-state index is 0.171. The summed E-state index contributed by atoms with van der Waals surface area (Å²) < 4.78 is 6.73. The Kier molecular flexibility index (Phi) is 6.08. The SMILES string of the molecule is COCCCNC(=O)c1cnn2c(C)c(Cc3cccc(Cl)c3)c(C)nc12. The lowest BCUT2D eigenvalue weighted by Crippen LogP contribution is -2.25. The fourth-order valence-corrected chi connectivity index (χ4v) is 3.30. The van der Waals surface area contributed by atoms with Crippen LogP contribution >= 0.6 is 11.6 Å². The molecule has 0 radical (unpaired) electrons. The molecular formula is C20H23ClN4O2. The quantitative estimate of drug-likeness (QED) is 0.632. The van der Waals surface area contributed by atoms with Crippen molar-refractivity contribution < 1.29 is 9.53 Å². The number of fused-ring (bicyclic) bond motifs is 1. The van der Waals surface area contributed by atoms with E-state index in [1.807, 2.05) is 38.1 Å². The summed E-state index contributed by atoms with van der Waals surface area (Å²) in [7, 11) is 1.64. The summed E-state index contributed by atoms with van der Waals surface area (Å²) in [5, 5.41) is 7.98. The second-order valence-corrected chi connectivity index (χ2v) is 6.90. The Hall–Kier alpha value is -2.44. The second-order valence-electron chi connectivity index (χ2n) is 6.46. The Balaban J connectivity index is 1.88. The summed E-state index contributed by atoms with van der Waals surface area (Å²) in [4.78, 5) is 17.1. The van der Waals surface area contributed by atoms with E-state index in [1.165, 1.54) is 0 Å². The molecule has 0 aliphatic heterocycles. The number of benzene rings is 1. The van der Waals surface area contributed by atoms with Gasteiger partial charge in [-0.3, -0.25) is 4.79 Å². The normalized spacial score (nSPS) is 11.1. The van der Waals surface area contributed by atoms with Gasteiger partial charge in [-0.1, -0.05) is 23.7 Å². The molecule has 0 unspecified atom stereocenters. The molecule has 3 aromatic rings. The molecule has 1 aromatic carbocycles. The highest BCUT2D eigenvalue weighted by atomic mass is 35.5. The number of methoxy groups -OCH3 is 1. The molecule has 3 rings (SSSR count). The number of hydrogen-bond acceptors (Lipinski definition) is 4. The molecule has 2 aromatic heterocycles. The van der Waals surface area contributed by atoms with Crippen LogP contribution in [0.1, 0.15) is 39.3 Å². The first-order valence-corrected chi connectivity index (χ1v) is 9.24. The van der Waals surface area contributed by atoms with Crippen LogP contribution in [0.4, 0.5) is 0 Å². The number of halogens is 1. The molecular weight excluding hydrogens is 364 g/mol. The average Bonchev–Trinajstić information content (AvgIpc) is 3.06. The zero-order chi connectivity index (χ0) is 19.4. The second kappa shape index (κ2) is 8.50. The Labute approximate surface area is 163 Å². The third-order valence-electron chi connectivity index (χ3n) is 4.53. The lowest BCUT2D eigenvalue weighted by molar-refractivity contribution is 0.0950. The molecule has 0 aliphatic carbocycles. The summed E-state index contributed by atoms with van der Waals surface area (Å²) in [6, 6.07) is 7.79. The van der Waals surface area contributed by atoms with Crippen molar-refractivity contribution in [2.75, 3.05) is 20.3 Å². The van der Waals surface area contributed by atoms with Gasteiger partial charge in [-0.25, -0.2) is 9.50 Å². The molecule has 0 saturated heterocycles. The van der Waals surface area contributed by atoms with Gasteiger partial charge >= 0.3 is 0 Å². The van der Waals surface area contributed by atoms with Gasteiger partial charge in [0.1, 0.15) is 5.56 Å². The lowest BCUT2D eigenvalue weighted by Gasteiger charge is -2.12. The van der Waals surface area contributed by atoms with Crippen molar-refractivity contribution in [1.29, 1.82) is 0 Å². The number of amides is 1. The van der Waals surface area contributed by atoms with Crippen molar-refractivity contribution in [3.05, 3.63) is 63.6 Å². The maximum absolute atomic E-state index is 12.5. The van der Waals surface area contributed by atoms with Gasteiger partial charge in [-0.2, -0.15) is 5.10 Å². The number of nitrogens with one attached hydrogen (secondary N) is 1. The molecule has 142 valence electrons. The van der Waals surface area contributed by atoms with Crippen molar-refractivity contribution in [2.24, 2.45) is 0 Å². The van der Waals surface area contributed by atoms with Gasteiger partial charge in [0.2, 0.25) is 0 Å². The Bertz CT molecular complexity index is 968. The molecule has 6 nitrogen and oxygen atoms in total. The van der Waals surface area contributed by atoms with E-state index in [4.69, 9.17) is 16.3 Å². The zero-order valence-corrected chi connectivity index (χ0v) is 16.5. The van der Waals surface area contributed by atoms with E-state index in [1.54, 1.807) is 17.8 Å². The summed E-state index contributed by atoms with van der Waals surface area (Å²) in [6.07, 6.45) is 3.04. The number of aromatic nitrogens is 3. The summed E-state index contributed by atoms with van der Waals surface area (Å²) in [6.45, 7) is 5.11. The minimum Gasteiger partial charge on any atom is -0.385 e. The summed E-state index contributed by atoms with van der Waals surface area (Å²) in [5.41, 5.74) is 5.10. The molecule has 1 N–H and O–H groups in total. The number of ether oxygens (including phenoxy) is 1. The van der Waals surface area contributed by atoms with E-state index in [9.17, 15) is 4.79 Å². The molecule has 0 aliphatic rings. The molecule has 0 saturated carbocycles. The first-order chi connectivity index (χ1) is 13.0. The van der Waals surface area contributed by atoms with Gasteiger partial charge in [-0.15, -0.1) is 0 Å². The van der Waals surface area contributed by atoms with Gasteiger partial charge in [0, 0.05) is 43.1 Å². The van der Waals surface area contributed by atoms with E-state index >= 15 is 0 Å². The van der Waals surface area contributed by atoms with Crippen molar-refractivity contribution >= 4 is 23.2 Å². The molecule has 0 atom stereocenters. The smallest absolute Gasteiger partial charge is 0.256 e. The largest absolute Gasteiger partial charge is 0.385 e. The molecule has 1 amide bonds. The third-order valence-corrected chi connectivity index (χ3v) is 4.77. The zero-order valence-electron chi connectivity index (χ0n) is 15.8. The van der Waals surface area contributed by atoms with E-state index in [-0.39, 0.29) is 5.91 Å². The van der Waals surface area contributed by atoms with Crippen molar-refractivity contribution in [3.63, 3.8) is 0 Å².